The van der Waals surface area contributed by atoms with E-state index in [9.17, 15) is 0 Å². The molecule has 0 saturated heterocycles. The lowest BCUT2D eigenvalue weighted by Gasteiger charge is -2.02. The predicted molar refractivity (Wildman–Crippen MR) is 134 cm³/mol. The lowest BCUT2D eigenvalue weighted by Crippen LogP contribution is -1.87. The van der Waals surface area contributed by atoms with Crippen molar-refractivity contribution in [3.8, 4) is 0 Å². The predicted octanol–water partition coefficient (Wildman–Crippen LogP) is 7.54. The summed E-state index contributed by atoms with van der Waals surface area (Å²) < 4.78 is 2.38. The summed E-state index contributed by atoms with van der Waals surface area (Å²) in [5.41, 5.74) is 6.84. The molecule has 0 saturated carbocycles. The van der Waals surface area contributed by atoms with Crippen LogP contribution in [0.4, 0.5) is 0 Å². The number of aromatic nitrogens is 3. The normalized spacial score (nSPS) is 11.5. The molecule has 0 aliphatic heterocycles. The highest BCUT2D eigenvalue weighted by Gasteiger charge is 2.17. The molecule has 0 radical (unpaired) electrons. The molecule has 3 heterocycles. The Morgan fingerprint density at radius 2 is 1.48 bits per heavy atom. The average Bonchev–Trinajstić information content (AvgIpc) is 3.52. The van der Waals surface area contributed by atoms with Crippen LogP contribution in [0.25, 0.3) is 43.0 Å². The maximum atomic E-state index is 4.96. The third kappa shape index (κ3) is 3.17. The summed E-state index contributed by atoms with van der Waals surface area (Å²) in [5, 5.41) is 3.24. The molecule has 0 spiro atoms. The van der Waals surface area contributed by atoms with Crippen molar-refractivity contribution < 1.29 is 0 Å². The largest absolute Gasteiger partial charge is 0.360 e. The van der Waals surface area contributed by atoms with Gasteiger partial charge >= 0.3 is 0 Å². The zero-order valence-electron chi connectivity index (χ0n) is 16.9. The molecule has 1 N–H and O–H groups in total. The summed E-state index contributed by atoms with van der Waals surface area (Å²) >= 11 is 3.44. The number of rotatable bonds is 4. The van der Waals surface area contributed by atoms with Crippen LogP contribution in [0.3, 0.4) is 0 Å². The Balaban J connectivity index is 1.60. The van der Waals surface area contributed by atoms with Gasteiger partial charge in [-0.25, -0.2) is 9.97 Å². The minimum atomic E-state index is 1.00. The van der Waals surface area contributed by atoms with Gasteiger partial charge in [-0.3, -0.25) is 0 Å². The highest BCUT2D eigenvalue weighted by Crippen LogP contribution is 2.37. The minimum absolute atomic E-state index is 1.00. The van der Waals surface area contributed by atoms with Gasteiger partial charge in [0.2, 0.25) is 0 Å². The number of nitrogens with zero attached hydrogens (tertiary/aromatic N) is 2. The molecule has 0 atom stereocenters. The van der Waals surface area contributed by atoms with Gasteiger partial charge in [0.05, 0.1) is 20.4 Å². The van der Waals surface area contributed by atoms with E-state index in [2.05, 4.69) is 78.8 Å². The Hall–Kier alpha value is -3.28. The molecule has 0 amide bonds. The minimum Gasteiger partial charge on any atom is -0.360 e. The molecule has 0 unspecified atom stereocenters. The Kier molecular flexibility index (Phi) is 4.44. The standard InChI is InChI=1S/C26H19N3S2/c1-2-16-8-7-9-18-17(15-27-24(16)18)14-19(25-28-20-10-3-5-12-22(20)30-25)26-29-21-11-4-6-13-23(21)31-26/h3-15,27H,2H2,1H3. The van der Waals surface area contributed by atoms with Gasteiger partial charge in [-0.05, 0) is 42.3 Å². The number of thiazole rings is 2. The van der Waals surface area contributed by atoms with Crippen LogP contribution in [0, 0.1) is 0 Å². The first-order chi connectivity index (χ1) is 15.3. The van der Waals surface area contributed by atoms with Gasteiger partial charge in [0.1, 0.15) is 10.0 Å². The number of hydrogen-bond donors (Lipinski definition) is 1. The maximum Gasteiger partial charge on any atom is 0.127 e. The van der Waals surface area contributed by atoms with E-state index >= 15 is 0 Å². The van der Waals surface area contributed by atoms with Crippen molar-refractivity contribution in [2.75, 3.05) is 0 Å². The Labute approximate surface area is 187 Å². The van der Waals surface area contributed by atoms with Crippen molar-refractivity contribution >= 4 is 65.7 Å². The molecule has 6 rings (SSSR count). The SMILES string of the molecule is CCc1cccc2c(C=C(c3nc4ccccc4s3)c3nc4ccccc4s3)c[nH]c12. The fraction of sp³-hybridized carbons (Fsp3) is 0.0769. The molecule has 3 nitrogen and oxygen atoms in total. The molecule has 0 aliphatic carbocycles. The molecule has 150 valence electrons. The number of aryl methyl sites for hydroxylation is 1. The quantitative estimate of drug-likeness (QED) is 0.309. The van der Waals surface area contributed by atoms with Crippen molar-refractivity contribution in [3.05, 3.63) is 94.1 Å². The lowest BCUT2D eigenvalue weighted by atomic mass is 10.1. The van der Waals surface area contributed by atoms with E-state index in [-0.39, 0.29) is 0 Å². The first kappa shape index (κ1) is 18.5. The third-order valence-corrected chi connectivity index (χ3v) is 7.70. The Bertz CT molecular complexity index is 1440. The molecule has 3 aromatic carbocycles. The summed E-state index contributed by atoms with van der Waals surface area (Å²) in [7, 11) is 0. The summed E-state index contributed by atoms with van der Waals surface area (Å²) in [6, 6.07) is 23.1. The number of fused-ring (bicyclic) bond motifs is 3. The van der Waals surface area contributed by atoms with Crippen molar-refractivity contribution in [1.29, 1.82) is 0 Å². The van der Waals surface area contributed by atoms with E-state index in [1.165, 1.54) is 31.4 Å². The Morgan fingerprint density at radius 3 is 2.10 bits per heavy atom. The topological polar surface area (TPSA) is 41.6 Å². The van der Waals surface area contributed by atoms with Crippen molar-refractivity contribution in [2.24, 2.45) is 0 Å². The maximum absolute atomic E-state index is 4.96. The van der Waals surface area contributed by atoms with Gasteiger partial charge in [0.25, 0.3) is 0 Å². The fourth-order valence-corrected chi connectivity index (χ4v) is 6.03. The van der Waals surface area contributed by atoms with Crippen LogP contribution in [-0.4, -0.2) is 15.0 Å². The second-order valence-corrected chi connectivity index (χ2v) is 9.53. The highest BCUT2D eigenvalue weighted by atomic mass is 32.1. The number of hydrogen-bond acceptors (Lipinski definition) is 4. The smallest absolute Gasteiger partial charge is 0.127 e. The van der Waals surface area contributed by atoms with Crippen LogP contribution in [0.5, 0.6) is 0 Å². The van der Waals surface area contributed by atoms with Gasteiger partial charge in [-0.15, -0.1) is 22.7 Å². The van der Waals surface area contributed by atoms with E-state index in [0.717, 1.165) is 33.0 Å². The molecule has 5 heteroatoms. The Morgan fingerprint density at radius 1 is 0.839 bits per heavy atom. The van der Waals surface area contributed by atoms with E-state index < -0.39 is 0 Å². The monoisotopic (exact) mass is 437 g/mol. The molecular formula is C26H19N3S2. The van der Waals surface area contributed by atoms with Crippen LogP contribution >= 0.6 is 22.7 Å². The number of nitrogens with one attached hydrogen (secondary N) is 1. The number of H-pyrrole nitrogens is 1. The van der Waals surface area contributed by atoms with Crippen LogP contribution in [0.1, 0.15) is 28.1 Å². The summed E-state index contributed by atoms with van der Waals surface area (Å²) in [6.07, 6.45) is 5.35. The van der Waals surface area contributed by atoms with Gasteiger partial charge in [0, 0.05) is 28.2 Å². The van der Waals surface area contributed by atoms with Crippen LogP contribution in [-0.2, 0) is 6.42 Å². The lowest BCUT2D eigenvalue weighted by molar-refractivity contribution is 1.15. The van der Waals surface area contributed by atoms with E-state index in [1.54, 1.807) is 22.7 Å². The molecule has 0 bridgehead atoms. The van der Waals surface area contributed by atoms with E-state index in [1.807, 2.05) is 12.1 Å². The van der Waals surface area contributed by atoms with Crippen LogP contribution in [0.15, 0.2) is 72.9 Å². The summed E-state index contributed by atoms with van der Waals surface area (Å²) in [6.45, 7) is 2.19. The fourth-order valence-electron chi connectivity index (χ4n) is 4.00. The molecule has 0 aliphatic rings. The van der Waals surface area contributed by atoms with Gasteiger partial charge in [0.15, 0.2) is 0 Å². The molecule has 31 heavy (non-hydrogen) atoms. The molecular weight excluding hydrogens is 418 g/mol. The first-order valence-corrected chi connectivity index (χ1v) is 12.0. The van der Waals surface area contributed by atoms with Gasteiger partial charge < -0.3 is 4.98 Å². The highest BCUT2D eigenvalue weighted by molar-refractivity contribution is 7.22. The molecule has 6 aromatic rings. The number of aromatic amines is 1. The van der Waals surface area contributed by atoms with Crippen molar-refractivity contribution in [3.63, 3.8) is 0 Å². The zero-order valence-corrected chi connectivity index (χ0v) is 18.6. The average molecular weight is 438 g/mol. The summed E-state index contributed by atoms with van der Waals surface area (Å²) in [5.74, 6) is 0. The number of para-hydroxylation sites is 3. The number of benzene rings is 3. The second-order valence-electron chi connectivity index (χ2n) is 7.47. The van der Waals surface area contributed by atoms with Crippen molar-refractivity contribution in [1.82, 2.24) is 15.0 Å². The second kappa shape index (κ2) is 7.45. The molecule has 0 fully saturated rings. The van der Waals surface area contributed by atoms with E-state index in [4.69, 9.17) is 9.97 Å². The van der Waals surface area contributed by atoms with E-state index in [0.29, 0.717) is 0 Å². The van der Waals surface area contributed by atoms with Crippen LogP contribution in [0.2, 0.25) is 0 Å². The third-order valence-electron chi connectivity index (χ3n) is 5.56. The first-order valence-electron chi connectivity index (χ1n) is 10.3. The summed E-state index contributed by atoms with van der Waals surface area (Å²) in [4.78, 5) is 13.4. The van der Waals surface area contributed by atoms with Crippen LogP contribution < -0.4 is 0 Å². The van der Waals surface area contributed by atoms with Crippen molar-refractivity contribution in [2.45, 2.75) is 13.3 Å². The molecule has 3 aromatic heterocycles. The zero-order chi connectivity index (χ0) is 20.8. The van der Waals surface area contributed by atoms with Gasteiger partial charge in [-0.1, -0.05) is 49.4 Å². The van der Waals surface area contributed by atoms with Gasteiger partial charge in [-0.2, -0.15) is 0 Å².